The van der Waals surface area contributed by atoms with Crippen molar-refractivity contribution >= 4 is 34.0 Å². The molecule has 0 fully saturated rings. The minimum Gasteiger partial charge on any atom is -0.375 e. The van der Waals surface area contributed by atoms with Crippen LogP contribution >= 0.6 is 22.9 Å². The van der Waals surface area contributed by atoms with Crippen molar-refractivity contribution in [2.75, 3.05) is 19.0 Å². The van der Waals surface area contributed by atoms with Crippen LogP contribution in [-0.2, 0) is 16.0 Å². The average molecular weight is 297 g/mol. The number of methoxy groups -OCH3 is 1. The number of ether oxygens (including phenoxy) is 1. The first-order valence-electron chi connectivity index (χ1n) is 5.65. The Morgan fingerprint density at radius 3 is 3.11 bits per heavy atom. The Labute approximate surface area is 120 Å². The van der Waals surface area contributed by atoms with E-state index < -0.39 is 0 Å². The molecule has 4 nitrogen and oxygen atoms in total. The van der Waals surface area contributed by atoms with Gasteiger partial charge in [0.1, 0.15) is 6.61 Å². The van der Waals surface area contributed by atoms with Crippen LogP contribution in [0, 0.1) is 0 Å². The molecule has 6 heteroatoms. The number of anilines is 1. The molecule has 0 bridgehead atoms. The molecule has 2 aromatic rings. The Morgan fingerprint density at radius 1 is 1.53 bits per heavy atom. The first-order valence-corrected chi connectivity index (χ1v) is 6.85. The van der Waals surface area contributed by atoms with Gasteiger partial charge < -0.3 is 4.74 Å². The zero-order valence-electron chi connectivity index (χ0n) is 10.4. The van der Waals surface area contributed by atoms with Crippen molar-refractivity contribution in [2.24, 2.45) is 0 Å². The fourth-order valence-electron chi connectivity index (χ4n) is 1.58. The Kier molecular flexibility index (Phi) is 4.90. The van der Waals surface area contributed by atoms with Gasteiger partial charge >= 0.3 is 0 Å². The molecule has 1 heterocycles. The van der Waals surface area contributed by atoms with Gasteiger partial charge in [-0.3, -0.25) is 10.1 Å². The summed E-state index contributed by atoms with van der Waals surface area (Å²) in [5, 5.41) is 3.98. The predicted octanol–water partition coefficient (Wildman–Crippen LogP) is 2.97. The first kappa shape index (κ1) is 14.0. The normalized spacial score (nSPS) is 10.4. The highest BCUT2D eigenvalue weighted by molar-refractivity contribution is 7.15. The second kappa shape index (κ2) is 6.65. The molecule has 0 aliphatic rings. The molecule has 0 saturated heterocycles. The van der Waals surface area contributed by atoms with Gasteiger partial charge in [-0.15, -0.1) is 11.3 Å². The van der Waals surface area contributed by atoms with Gasteiger partial charge in [0.15, 0.2) is 5.13 Å². The molecule has 19 heavy (non-hydrogen) atoms. The van der Waals surface area contributed by atoms with Crippen molar-refractivity contribution in [3.63, 3.8) is 0 Å². The third kappa shape index (κ3) is 4.31. The van der Waals surface area contributed by atoms with Crippen LogP contribution in [0.4, 0.5) is 5.13 Å². The topological polar surface area (TPSA) is 51.2 Å². The van der Waals surface area contributed by atoms with E-state index >= 15 is 0 Å². The Hall–Kier alpha value is -1.43. The smallest absolute Gasteiger partial charge is 0.252 e. The van der Waals surface area contributed by atoms with Crippen molar-refractivity contribution in [1.82, 2.24) is 4.98 Å². The standard InChI is InChI=1S/C13H13ClN2O2S/c1-18-8-12(17)16-13-15-7-11(19-13)6-9-3-2-4-10(14)5-9/h2-5,7H,6,8H2,1H3,(H,15,16,17). The number of amides is 1. The lowest BCUT2D eigenvalue weighted by Crippen LogP contribution is -2.16. The molecule has 100 valence electrons. The zero-order chi connectivity index (χ0) is 13.7. The van der Waals surface area contributed by atoms with Crippen molar-refractivity contribution in [3.8, 4) is 0 Å². The maximum atomic E-state index is 11.3. The fourth-order valence-corrected chi connectivity index (χ4v) is 2.66. The largest absolute Gasteiger partial charge is 0.375 e. The third-order valence-corrected chi connectivity index (χ3v) is 3.49. The lowest BCUT2D eigenvalue weighted by Gasteiger charge is -1.99. The molecule has 0 radical (unpaired) electrons. The van der Waals surface area contributed by atoms with Crippen LogP contribution in [0.2, 0.25) is 5.02 Å². The van der Waals surface area contributed by atoms with Crippen molar-refractivity contribution in [3.05, 3.63) is 45.9 Å². The predicted molar refractivity (Wildman–Crippen MR) is 76.9 cm³/mol. The van der Waals surface area contributed by atoms with Crippen LogP contribution in [0.3, 0.4) is 0 Å². The van der Waals surface area contributed by atoms with Crippen LogP contribution in [0.15, 0.2) is 30.5 Å². The summed E-state index contributed by atoms with van der Waals surface area (Å²) in [7, 11) is 1.48. The number of aromatic nitrogens is 1. The summed E-state index contributed by atoms with van der Waals surface area (Å²) in [6.45, 7) is 0.0310. The third-order valence-electron chi connectivity index (χ3n) is 2.34. The summed E-state index contributed by atoms with van der Waals surface area (Å²) >= 11 is 7.38. The number of rotatable bonds is 5. The van der Waals surface area contributed by atoms with Gasteiger partial charge in [0.25, 0.3) is 5.91 Å². The number of hydrogen-bond donors (Lipinski definition) is 1. The lowest BCUT2D eigenvalue weighted by atomic mass is 10.1. The lowest BCUT2D eigenvalue weighted by molar-refractivity contribution is -0.119. The van der Waals surface area contributed by atoms with E-state index in [1.165, 1.54) is 18.4 Å². The quantitative estimate of drug-likeness (QED) is 0.923. The van der Waals surface area contributed by atoms with Crippen LogP contribution in [0.5, 0.6) is 0 Å². The molecule has 1 N–H and O–H groups in total. The van der Waals surface area contributed by atoms with Crippen LogP contribution in [0.1, 0.15) is 10.4 Å². The maximum Gasteiger partial charge on any atom is 0.252 e. The van der Waals surface area contributed by atoms with E-state index in [2.05, 4.69) is 10.3 Å². The molecule has 2 rings (SSSR count). The highest BCUT2D eigenvalue weighted by Crippen LogP contribution is 2.22. The van der Waals surface area contributed by atoms with E-state index in [0.29, 0.717) is 5.13 Å². The fraction of sp³-hybridized carbons (Fsp3) is 0.231. The van der Waals surface area contributed by atoms with Crippen LogP contribution < -0.4 is 5.32 Å². The van der Waals surface area contributed by atoms with Gasteiger partial charge in [-0.25, -0.2) is 4.98 Å². The van der Waals surface area contributed by atoms with Crippen LogP contribution in [0.25, 0.3) is 0 Å². The van der Waals surface area contributed by atoms with Gasteiger partial charge in [-0.05, 0) is 17.7 Å². The van der Waals surface area contributed by atoms with Crippen molar-refractivity contribution < 1.29 is 9.53 Å². The Bertz CT molecular complexity index is 571. The molecule has 0 spiro atoms. The Morgan fingerprint density at radius 2 is 2.37 bits per heavy atom. The summed E-state index contributed by atoms with van der Waals surface area (Å²) in [6.07, 6.45) is 2.51. The summed E-state index contributed by atoms with van der Waals surface area (Å²) in [6, 6.07) is 7.69. The van der Waals surface area contributed by atoms with Crippen molar-refractivity contribution in [1.29, 1.82) is 0 Å². The first-order chi connectivity index (χ1) is 9.17. The van der Waals surface area contributed by atoms with E-state index in [1.807, 2.05) is 24.3 Å². The van der Waals surface area contributed by atoms with E-state index in [4.69, 9.17) is 16.3 Å². The second-order valence-corrected chi connectivity index (χ2v) is 5.47. The van der Waals surface area contributed by atoms with Gasteiger partial charge in [-0.2, -0.15) is 0 Å². The van der Waals surface area contributed by atoms with E-state index in [0.717, 1.165) is 21.9 Å². The number of nitrogens with zero attached hydrogens (tertiary/aromatic N) is 1. The molecule has 0 unspecified atom stereocenters. The number of hydrogen-bond acceptors (Lipinski definition) is 4. The number of halogens is 1. The highest BCUT2D eigenvalue weighted by Gasteiger charge is 2.07. The minimum atomic E-state index is -0.203. The van der Waals surface area contributed by atoms with E-state index in [1.54, 1.807) is 6.20 Å². The molecular formula is C13H13ClN2O2S. The highest BCUT2D eigenvalue weighted by atomic mass is 35.5. The number of thiazole rings is 1. The summed E-state index contributed by atoms with van der Waals surface area (Å²) in [4.78, 5) is 16.6. The van der Waals surface area contributed by atoms with Gasteiger partial charge in [0.2, 0.25) is 0 Å². The van der Waals surface area contributed by atoms with E-state index in [9.17, 15) is 4.79 Å². The Balaban J connectivity index is 1.99. The van der Waals surface area contributed by atoms with Gasteiger partial charge in [-0.1, -0.05) is 23.7 Å². The maximum absolute atomic E-state index is 11.3. The number of benzene rings is 1. The molecular weight excluding hydrogens is 284 g/mol. The average Bonchev–Trinajstić information content (AvgIpc) is 2.76. The molecule has 1 aromatic carbocycles. The number of nitrogens with one attached hydrogen (secondary N) is 1. The van der Waals surface area contributed by atoms with E-state index in [-0.39, 0.29) is 12.5 Å². The minimum absolute atomic E-state index is 0.0310. The van der Waals surface area contributed by atoms with Crippen LogP contribution in [-0.4, -0.2) is 24.6 Å². The summed E-state index contributed by atoms with van der Waals surface area (Å²) in [5.41, 5.74) is 1.12. The van der Waals surface area contributed by atoms with Gasteiger partial charge in [0, 0.05) is 29.6 Å². The molecule has 0 atom stereocenters. The second-order valence-electron chi connectivity index (χ2n) is 3.92. The molecule has 0 saturated carbocycles. The van der Waals surface area contributed by atoms with Crippen molar-refractivity contribution in [2.45, 2.75) is 6.42 Å². The monoisotopic (exact) mass is 296 g/mol. The van der Waals surface area contributed by atoms with Gasteiger partial charge in [0.05, 0.1) is 0 Å². The SMILES string of the molecule is COCC(=O)Nc1ncc(Cc2cccc(Cl)c2)s1. The number of carbonyl (C=O) groups is 1. The number of carbonyl (C=O) groups excluding carboxylic acids is 1. The summed E-state index contributed by atoms with van der Waals surface area (Å²) in [5.74, 6) is -0.203. The molecule has 0 aliphatic heterocycles. The molecule has 1 amide bonds. The zero-order valence-corrected chi connectivity index (χ0v) is 11.9. The molecule has 0 aliphatic carbocycles. The molecule has 1 aromatic heterocycles. The summed E-state index contributed by atoms with van der Waals surface area (Å²) < 4.78 is 4.74.